The Hall–Kier alpha value is -3.08. The van der Waals surface area contributed by atoms with E-state index in [0.717, 1.165) is 0 Å². The number of fused-ring (bicyclic) bond motifs is 4. The predicted molar refractivity (Wildman–Crippen MR) is 84.5 cm³/mol. The molecule has 1 heterocycles. The van der Waals surface area contributed by atoms with Crippen molar-refractivity contribution in [3.8, 4) is 22.6 Å². The molecule has 114 valence electrons. The molecule has 23 heavy (non-hydrogen) atoms. The second-order valence-electron chi connectivity index (χ2n) is 5.21. The second-order valence-corrected chi connectivity index (χ2v) is 5.21. The molecule has 0 fully saturated rings. The Morgan fingerprint density at radius 1 is 0.913 bits per heavy atom. The van der Waals surface area contributed by atoms with E-state index in [2.05, 4.69) is 0 Å². The van der Waals surface area contributed by atoms with Crippen LogP contribution in [0.3, 0.4) is 0 Å². The summed E-state index contributed by atoms with van der Waals surface area (Å²) in [6, 6.07) is 10.1. The van der Waals surface area contributed by atoms with Gasteiger partial charge >= 0.3 is 0 Å². The Labute approximate surface area is 131 Å². The van der Waals surface area contributed by atoms with Crippen molar-refractivity contribution in [1.82, 2.24) is 0 Å². The summed E-state index contributed by atoms with van der Waals surface area (Å²) in [7, 11) is 3.00. The Morgan fingerprint density at radius 3 is 2.26 bits per heavy atom. The number of methoxy groups -OCH3 is 2. The molecule has 4 rings (SSSR count). The minimum Gasteiger partial charge on any atom is -0.493 e. The fourth-order valence-corrected chi connectivity index (χ4v) is 2.94. The number of benzene rings is 2. The molecule has 0 spiro atoms. The van der Waals surface area contributed by atoms with E-state index < -0.39 is 0 Å². The van der Waals surface area contributed by atoms with Gasteiger partial charge in [-0.2, -0.15) is 0 Å². The number of ether oxygens (including phenoxy) is 2. The summed E-state index contributed by atoms with van der Waals surface area (Å²) in [6.07, 6.45) is 0. The van der Waals surface area contributed by atoms with E-state index in [4.69, 9.17) is 13.9 Å². The molecule has 0 amide bonds. The van der Waals surface area contributed by atoms with Crippen LogP contribution in [0.25, 0.3) is 22.1 Å². The quantitative estimate of drug-likeness (QED) is 0.569. The SMILES string of the molecule is COc1cc2c(cc1OC)-c1c(oc3ccccc3c1=O)C2=O. The molecule has 3 aromatic rings. The maximum Gasteiger partial charge on any atom is 0.229 e. The molecular weight excluding hydrogens is 296 g/mol. The molecule has 0 bridgehead atoms. The van der Waals surface area contributed by atoms with Gasteiger partial charge in [-0.1, -0.05) is 12.1 Å². The number of para-hydroxylation sites is 1. The Bertz CT molecular complexity index is 1030. The topological polar surface area (TPSA) is 65.7 Å². The van der Waals surface area contributed by atoms with E-state index in [-0.39, 0.29) is 22.5 Å². The van der Waals surface area contributed by atoms with Crippen molar-refractivity contribution in [2.24, 2.45) is 0 Å². The zero-order valence-corrected chi connectivity index (χ0v) is 12.5. The van der Waals surface area contributed by atoms with Crippen molar-refractivity contribution in [2.75, 3.05) is 14.2 Å². The molecule has 1 aliphatic rings. The third kappa shape index (κ3) is 1.73. The van der Waals surface area contributed by atoms with Gasteiger partial charge < -0.3 is 13.9 Å². The van der Waals surface area contributed by atoms with Crippen LogP contribution in [0.4, 0.5) is 0 Å². The standard InChI is InChI=1S/C18H12O5/c1-21-13-7-10-11(8-14(13)22-2)17(20)18-15(10)16(19)9-5-3-4-6-12(9)23-18/h3-8H,1-2H3. The molecule has 0 N–H and O–H groups in total. The lowest BCUT2D eigenvalue weighted by atomic mass is 10.0. The van der Waals surface area contributed by atoms with E-state index in [9.17, 15) is 9.59 Å². The van der Waals surface area contributed by atoms with Crippen LogP contribution in [0.5, 0.6) is 11.5 Å². The highest BCUT2D eigenvalue weighted by Crippen LogP contribution is 2.42. The number of carbonyl (C=O) groups excluding carboxylic acids is 1. The van der Waals surface area contributed by atoms with Crippen molar-refractivity contribution < 1.29 is 18.7 Å². The fourth-order valence-electron chi connectivity index (χ4n) is 2.94. The molecule has 5 heteroatoms. The van der Waals surface area contributed by atoms with Crippen molar-refractivity contribution in [1.29, 1.82) is 0 Å². The molecule has 0 saturated carbocycles. The molecule has 0 saturated heterocycles. The normalized spacial score (nSPS) is 12.2. The zero-order chi connectivity index (χ0) is 16.1. The van der Waals surface area contributed by atoms with Gasteiger partial charge in [0.15, 0.2) is 17.3 Å². The first-order chi connectivity index (χ1) is 11.2. The average molecular weight is 308 g/mol. The van der Waals surface area contributed by atoms with E-state index in [1.165, 1.54) is 14.2 Å². The van der Waals surface area contributed by atoms with Crippen molar-refractivity contribution >= 4 is 16.8 Å². The van der Waals surface area contributed by atoms with Crippen LogP contribution in [0, 0.1) is 0 Å². The van der Waals surface area contributed by atoms with E-state index in [1.807, 2.05) is 0 Å². The highest BCUT2D eigenvalue weighted by Gasteiger charge is 2.34. The first-order valence-electron chi connectivity index (χ1n) is 7.02. The smallest absolute Gasteiger partial charge is 0.229 e. The molecule has 2 aromatic carbocycles. The predicted octanol–water partition coefficient (Wildman–Crippen LogP) is 3.02. The summed E-state index contributed by atoms with van der Waals surface area (Å²) in [5.74, 6) is 0.640. The summed E-state index contributed by atoms with van der Waals surface area (Å²) in [4.78, 5) is 25.4. The first-order valence-corrected chi connectivity index (χ1v) is 7.02. The van der Waals surface area contributed by atoms with Gasteiger partial charge in [0, 0.05) is 11.1 Å². The minimum absolute atomic E-state index is 0.0685. The lowest BCUT2D eigenvalue weighted by Crippen LogP contribution is -2.06. The molecule has 0 aliphatic heterocycles. The summed E-state index contributed by atoms with van der Waals surface area (Å²) in [6.45, 7) is 0. The Balaban J connectivity index is 2.12. The molecular formula is C18H12O5. The van der Waals surface area contributed by atoms with E-state index in [1.54, 1.807) is 36.4 Å². The highest BCUT2D eigenvalue weighted by molar-refractivity contribution is 6.21. The van der Waals surface area contributed by atoms with E-state index in [0.29, 0.717) is 33.6 Å². The highest BCUT2D eigenvalue weighted by atomic mass is 16.5. The number of hydrogen-bond acceptors (Lipinski definition) is 5. The average Bonchev–Trinajstić information content (AvgIpc) is 2.86. The number of ketones is 1. The summed E-state index contributed by atoms with van der Waals surface area (Å²) in [5, 5.41) is 0.446. The molecule has 0 radical (unpaired) electrons. The van der Waals surface area contributed by atoms with Crippen LogP contribution in [-0.4, -0.2) is 20.0 Å². The lowest BCUT2D eigenvalue weighted by Gasteiger charge is -2.09. The van der Waals surface area contributed by atoms with Gasteiger partial charge in [-0.25, -0.2) is 0 Å². The van der Waals surface area contributed by atoms with Gasteiger partial charge in [-0.15, -0.1) is 0 Å². The summed E-state index contributed by atoms with van der Waals surface area (Å²) in [5.41, 5.74) is 1.36. The van der Waals surface area contributed by atoms with Gasteiger partial charge in [0.05, 0.1) is 25.2 Å². The van der Waals surface area contributed by atoms with Crippen LogP contribution >= 0.6 is 0 Å². The van der Waals surface area contributed by atoms with Gasteiger partial charge in [0.1, 0.15) is 5.58 Å². The third-order valence-electron chi connectivity index (χ3n) is 4.04. The second kappa shape index (κ2) is 4.71. The lowest BCUT2D eigenvalue weighted by molar-refractivity contribution is 0.102. The van der Waals surface area contributed by atoms with Crippen LogP contribution in [-0.2, 0) is 0 Å². The number of rotatable bonds is 2. The van der Waals surface area contributed by atoms with Crippen LogP contribution in [0.2, 0.25) is 0 Å². The maximum absolute atomic E-state index is 12.8. The van der Waals surface area contributed by atoms with Crippen molar-refractivity contribution in [3.63, 3.8) is 0 Å². The molecule has 5 nitrogen and oxygen atoms in total. The number of carbonyl (C=O) groups is 1. The van der Waals surface area contributed by atoms with Gasteiger partial charge in [-0.3, -0.25) is 9.59 Å². The van der Waals surface area contributed by atoms with E-state index >= 15 is 0 Å². The largest absolute Gasteiger partial charge is 0.493 e. The maximum atomic E-state index is 12.8. The minimum atomic E-state index is -0.321. The molecule has 1 aromatic heterocycles. The van der Waals surface area contributed by atoms with Crippen LogP contribution in [0.1, 0.15) is 16.1 Å². The molecule has 1 aliphatic carbocycles. The van der Waals surface area contributed by atoms with Crippen molar-refractivity contribution in [3.05, 3.63) is 57.9 Å². The fraction of sp³-hybridized carbons (Fsp3) is 0.111. The summed E-state index contributed by atoms with van der Waals surface area (Å²) >= 11 is 0. The van der Waals surface area contributed by atoms with Gasteiger partial charge in [0.25, 0.3) is 0 Å². The van der Waals surface area contributed by atoms with Gasteiger partial charge in [-0.05, 0) is 24.3 Å². The monoisotopic (exact) mass is 308 g/mol. The zero-order valence-electron chi connectivity index (χ0n) is 12.5. The summed E-state index contributed by atoms with van der Waals surface area (Å²) < 4.78 is 16.2. The third-order valence-corrected chi connectivity index (χ3v) is 4.04. The molecule has 0 unspecified atom stereocenters. The molecule has 0 atom stereocenters. The Kier molecular flexibility index (Phi) is 2.78. The van der Waals surface area contributed by atoms with Crippen LogP contribution < -0.4 is 14.9 Å². The van der Waals surface area contributed by atoms with Crippen molar-refractivity contribution in [2.45, 2.75) is 0 Å². The number of hydrogen-bond donors (Lipinski definition) is 0. The Morgan fingerprint density at radius 2 is 1.57 bits per heavy atom. The van der Waals surface area contributed by atoms with Crippen LogP contribution in [0.15, 0.2) is 45.6 Å². The van der Waals surface area contributed by atoms with Gasteiger partial charge in [0.2, 0.25) is 11.2 Å². The first kappa shape index (κ1) is 13.6.